The van der Waals surface area contributed by atoms with Crippen molar-refractivity contribution in [2.45, 2.75) is 12.1 Å². The van der Waals surface area contributed by atoms with E-state index in [9.17, 15) is 8.42 Å². The van der Waals surface area contributed by atoms with Crippen LogP contribution in [0.15, 0.2) is 18.2 Å². The van der Waals surface area contributed by atoms with Gasteiger partial charge in [0.15, 0.2) is 14.9 Å². The number of nitrogens with zero attached hydrogens (tertiary/aromatic N) is 1. The fourth-order valence-electron chi connectivity index (χ4n) is 2.59. The number of halogens is 2. The lowest BCUT2D eigenvalue weighted by Gasteiger charge is -2.23. The molecule has 0 saturated carbocycles. The third-order valence-electron chi connectivity index (χ3n) is 3.31. The van der Waals surface area contributed by atoms with Crippen LogP contribution in [-0.4, -0.2) is 37.1 Å². The molecule has 3 rings (SSSR count). The van der Waals surface area contributed by atoms with Gasteiger partial charge in [0.25, 0.3) is 0 Å². The van der Waals surface area contributed by atoms with Gasteiger partial charge in [-0.15, -0.1) is 0 Å². The molecule has 102 valence electrons. The molecule has 0 aromatic heterocycles. The van der Waals surface area contributed by atoms with E-state index in [4.69, 9.17) is 35.4 Å². The summed E-state index contributed by atoms with van der Waals surface area (Å²) in [6, 6.07) is 4.74. The normalized spacial score (nSPS) is 28.3. The first-order chi connectivity index (χ1) is 8.85. The predicted molar refractivity (Wildman–Crippen MR) is 80.9 cm³/mol. The molecular formula is C11H10Cl2N2O2S2. The summed E-state index contributed by atoms with van der Waals surface area (Å²) in [7, 11) is -3.02. The van der Waals surface area contributed by atoms with E-state index in [0.717, 1.165) is 5.69 Å². The van der Waals surface area contributed by atoms with Gasteiger partial charge in [0.05, 0.1) is 23.6 Å². The van der Waals surface area contributed by atoms with Crippen LogP contribution in [0.3, 0.4) is 0 Å². The lowest BCUT2D eigenvalue weighted by molar-refractivity contribution is 0.600. The van der Waals surface area contributed by atoms with Crippen LogP contribution in [-0.2, 0) is 9.84 Å². The van der Waals surface area contributed by atoms with Crippen LogP contribution in [0.25, 0.3) is 0 Å². The van der Waals surface area contributed by atoms with Gasteiger partial charge in [0.2, 0.25) is 0 Å². The highest BCUT2D eigenvalue weighted by molar-refractivity contribution is 7.91. The van der Waals surface area contributed by atoms with Gasteiger partial charge in [-0.1, -0.05) is 23.2 Å². The number of hydrogen-bond donors (Lipinski definition) is 1. The fraction of sp³-hybridized carbons (Fsp3) is 0.364. The Kier molecular flexibility index (Phi) is 3.16. The van der Waals surface area contributed by atoms with Gasteiger partial charge in [-0.3, -0.25) is 0 Å². The van der Waals surface area contributed by atoms with E-state index < -0.39 is 9.84 Å². The minimum atomic E-state index is -3.02. The third-order valence-corrected chi connectivity index (χ3v) is 5.77. The van der Waals surface area contributed by atoms with Crippen molar-refractivity contribution in [3.8, 4) is 0 Å². The Morgan fingerprint density at radius 1 is 1.21 bits per heavy atom. The maximum atomic E-state index is 11.7. The third kappa shape index (κ3) is 2.42. The van der Waals surface area contributed by atoms with Crippen molar-refractivity contribution in [2.75, 3.05) is 16.4 Å². The summed E-state index contributed by atoms with van der Waals surface area (Å²) in [6.45, 7) is 0. The van der Waals surface area contributed by atoms with Gasteiger partial charge >= 0.3 is 0 Å². The summed E-state index contributed by atoms with van der Waals surface area (Å²) >= 11 is 17.2. The van der Waals surface area contributed by atoms with Crippen molar-refractivity contribution in [3.05, 3.63) is 28.2 Å². The molecule has 0 spiro atoms. The molecule has 0 radical (unpaired) electrons. The van der Waals surface area contributed by atoms with Gasteiger partial charge in [-0.25, -0.2) is 8.42 Å². The highest BCUT2D eigenvalue weighted by Crippen LogP contribution is 2.33. The molecule has 2 fully saturated rings. The first-order valence-electron chi connectivity index (χ1n) is 5.62. The van der Waals surface area contributed by atoms with E-state index in [1.165, 1.54) is 0 Å². The zero-order valence-corrected chi connectivity index (χ0v) is 12.8. The lowest BCUT2D eigenvalue weighted by atomic mass is 10.1. The molecule has 2 saturated heterocycles. The summed E-state index contributed by atoms with van der Waals surface area (Å²) in [5, 5.41) is 4.56. The van der Waals surface area contributed by atoms with Crippen LogP contribution in [0, 0.1) is 0 Å². The fourth-order valence-corrected chi connectivity index (χ4v) is 5.38. The van der Waals surface area contributed by atoms with E-state index in [1.807, 2.05) is 0 Å². The number of anilines is 1. The van der Waals surface area contributed by atoms with Gasteiger partial charge in [-0.05, 0) is 30.4 Å². The van der Waals surface area contributed by atoms with Gasteiger partial charge in [0, 0.05) is 15.7 Å². The second-order valence-corrected chi connectivity index (χ2v) is 8.11. The molecule has 2 atom stereocenters. The second-order valence-electron chi connectivity index (χ2n) is 4.70. The highest BCUT2D eigenvalue weighted by Gasteiger charge is 2.47. The van der Waals surface area contributed by atoms with E-state index in [0.29, 0.717) is 15.2 Å². The molecule has 0 unspecified atom stereocenters. The number of fused-ring (bicyclic) bond motifs is 1. The molecule has 2 heterocycles. The summed E-state index contributed by atoms with van der Waals surface area (Å²) < 4.78 is 23.4. The molecule has 8 heteroatoms. The zero-order valence-electron chi connectivity index (χ0n) is 9.64. The topological polar surface area (TPSA) is 49.4 Å². The maximum absolute atomic E-state index is 11.7. The Hall–Kier alpha value is -0.560. The number of thiocarbonyl (C=S) groups is 1. The van der Waals surface area contributed by atoms with Crippen LogP contribution in [0.4, 0.5) is 5.69 Å². The van der Waals surface area contributed by atoms with E-state index in [1.54, 1.807) is 23.1 Å². The molecular weight excluding hydrogens is 327 g/mol. The Morgan fingerprint density at radius 2 is 1.84 bits per heavy atom. The first kappa shape index (κ1) is 13.4. The maximum Gasteiger partial charge on any atom is 0.174 e. The summed E-state index contributed by atoms with van der Waals surface area (Å²) in [5.74, 6) is 0.206. The largest absolute Gasteiger partial charge is 0.356 e. The van der Waals surface area contributed by atoms with Crippen LogP contribution in [0.1, 0.15) is 0 Å². The molecule has 1 aromatic rings. The molecule has 0 bridgehead atoms. The standard InChI is InChI=1S/C11H10Cl2N2O2S2/c12-6-1-7(13)3-8(2-6)15-10-5-19(16,17)4-9(10)14-11(15)18/h1-3,9-10H,4-5H2,(H,14,18)/t9-,10+/m1/s1. The molecule has 2 aliphatic heterocycles. The van der Waals surface area contributed by atoms with Crippen molar-refractivity contribution in [1.29, 1.82) is 0 Å². The number of sulfone groups is 1. The van der Waals surface area contributed by atoms with Crippen LogP contribution >= 0.6 is 35.4 Å². The van der Waals surface area contributed by atoms with Crippen molar-refractivity contribution in [2.24, 2.45) is 0 Å². The zero-order chi connectivity index (χ0) is 13.8. The van der Waals surface area contributed by atoms with Crippen molar-refractivity contribution in [3.63, 3.8) is 0 Å². The minimum Gasteiger partial charge on any atom is -0.356 e. The van der Waals surface area contributed by atoms with Gasteiger partial charge in [-0.2, -0.15) is 0 Å². The van der Waals surface area contributed by atoms with E-state index >= 15 is 0 Å². The highest BCUT2D eigenvalue weighted by atomic mass is 35.5. The average Bonchev–Trinajstić information content (AvgIpc) is 2.66. The molecule has 4 nitrogen and oxygen atoms in total. The Balaban J connectivity index is 2.02. The molecule has 19 heavy (non-hydrogen) atoms. The molecule has 1 aromatic carbocycles. The minimum absolute atomic E-state index is 0.0922. The molecule has 0 amide bonds. The second kappa shape index (κ2) is 4.48. The number of rotatable bonds is 1. The van der Waals surface area contributed by atoms with Gasteiger partial charge < -0.3 is 10.2 Å². The first-order valence-corrected chi connectivity index (χ1v) is 8.60. The van der Waals surface area contributed by atoms with E-state index in [2.05, 4.69) is 5.32 Å². The molecule has 1 N–H and O–H groups in total. The van der Waals surface area contributed by atoms with Crippen molar-refractivity contribution in [1.82, 2.24) is 5.32 Å². The number of nitrogens with one attached hydrogen (secondary N) is 1. The Bertz CT molecular complexity index is 642. The quantitative estimate of drug-likeness (QED) is 0.793. The molecule has 0 aliphatic carbocycles. The molecule has 2 aliphatic rings. The predicted octanol–water partition coefficient (Wildman–Crippen LogP) is 1.85. The Morgan fingerprint density at radius 3 is 2.47 bits per heavy atom. The number of benzene rings is 1. The summed E-state index contributed by atoms with van der Waals surface area (Å²) in [5.41, 5.74) is 0.722. The summed E-state index contributed by atoms with van der Waals surface area (Å²) in [6.07, 6.45) is 0. The van der Waals surface area contributed by atoms with Crippen molar-refractivity contribution < 1.29 is 8.42 Å². The van der Waals surface area contributed by atoms with Crippen LogP contribution in [0.5, 0.6) is 0 Å². The SMILES string of the molecule is O=S1(=O)C[C@H]2NC(=S)N(c3cc(Cl)cc(Cl)c3)[C@H]2C1. The monoisotopic (exact) mass is 336 g/mol. The Labute approximate surface area is 126 Å². The van der Waals surface area contributed by atoms with Crippen LogP contribution < -0.4 is 10.2 Å². The van der Waals surface area contributed by atoms with Gasteiger partial charge in [0.1, 0.15) is 0 Å². The van der Waals surface area contributed by atoms with Crippen molar-refractivity contribution >= 4 is 56.1 Å². The smallest absolute Gasteiger partial charge is 0.174 e. The van der Waals surface area contributed by atoms with Crippen LogP contribution in [0.2, 0.25) is 10.0 Å². The lowest BCUT2D eigenvalue weighted by Crippen LogP contribution is -2.36. The average molecular weight is 337 g/mol. The number of hydrogen-bond acceptors (Lipinski definition) is 3. The van der Waals surface area contributed by atoms with E-state index in [-0.39, 0.29) is 23.6 Å². The summed E-state index contributed by atoms with van der Waals surface area (Å²) in [4.78, 5) is 1.79.